The van der Waals surface area contributed by atoms with Crippen molar-refractivity contribution in [2.45, 2.75) is 65.0 Å². The largest absolute Gasteiger partial charge is 0.337 e. The SMILES string of the molecule is CC(C)C(=O)N1CCCCCCCN(C(=O)[C@@H](N)Cc2cccc(F)c2)Cc2ccccc21. The third-order valence-corrected chi connectivity index (χ3v) is 6.19. The summed E-state index contributed by atoms with van der Waals surface area (Å²) in [6.45, 7) is 5.53. The van der Waals surface area contributed by atoms with Crippen LogP contribution in [0.4, 0.5) is 10.1 Å². The molecule has 6 heteroatoms. The van der Waals surface area contributed by atoms with Gasteiger partial charge >= 0.3 is 0 Å². The molecule has 0 saturated heterocycles. The van der Waals surface area contributed by atoms with E-state index in [1.54, 1.807) is 12.1 Å². The predicted molar refractivity (Wildman–Crippen MR) is 130 cm³/mol. The number of fused-ring (bicyclic) bond motifs is 1. The minimum atomic E-state index is -0.750. The molecule has 1 atom stereocenters. The van der Waals surface area contributed by atoms with Gasteiger partial charge in [0.25, 0.3) is 0 Å². The predicted octanol–water partition coefficient (Wildman–Crippen LogP) is 4.68. The van der Waals surface area contributed by atoms with Crippen LogP contribution < -0.4 is 10.6 Å². The summed E-state index contributed by atoms with van der Waals surface area (Å²) >= 11 is 0. The molecular weight excluding hydrogens is 417 g/mol. The second kappa shape index (κ2) is 11.9. The Kier molecular flexibility index (Phi) is 9.01. The van der Waals surface area contributed by atoms with E-state index >= 15 is 0 Å². The zero-order chi connectivity index (χ0) is 23.8. The van der Waals surface area contributed by atoms with Gasteiger partial charge in [0.05, 0.1) is 6.04 Å². The maximum absolute atomic E-state index is 13.6. The monoisotopic (exact) mass is 453 g/mol. The molecule has 1 aliphatic rings. The number of carbonyl (C=O) groups is 2. The number of nitrogens with zero attached hydrogens (tertiary/aromatic N) is 2. The third kappa shape index (κ3) is 6.87. The number of nitrogens with two attached hydrogens (primary N) is 1. The molecule has 0 spiro atoms. The zero-order valence-electron chi connectivity index (χ0n) is 19.8. The molecule has 2 amide bonds. The van der Waals surface area contributed by atoms with Crippen molar-refractivity contribution < 1.29 is 14.0 Å². The summed E-state index contributed by atoms with van der Waals surface area (Å²) in [5, 5.41) is 0. The van der Waals surface area contributed by atoms with Crippen LogP contribution in [-0.4, -0.2) is 35.8 Å². The van der Waals surface area contributed by atoms with Crippen LogP contribution in [0.25, 0.3) is 0 Å². The Hall–Kier alpha value is -2.73. The van der Waals surface area contributed by atoms with Gasteiger partial charge in [-0.15, -0.1) is 0 Å². The van der Waals surface area contributed by atoms with E-state index in [2.05, 4.69) is 0 Å². The van der Waals surface area contributed by atoms with Crippen LogP contribution in [0.2, 0.25) is 0 Å². The molecule has 0 unspecified atom stereocenters. The van der Waals surface area contributed by atoms with Gasteiger partial charge in [0.15, 0.2) is 0 Å². The fourth-order valence-corrected chi connectivity index (χ4v) is 4.38. The second-order valence-electron chi connectivity index (χ2n) is 9.24. The highest BCUT2D eigenvalue weighted by Crippen LogP contribution is 2.26. The van der Waals surface area contributed by atoms with Crippen LogP contribution >= 0.6 is 0 Å². The fraction of sp³-hybridized carbons (Fsp3) is 0.481. The number of benzene rings is 2. The fourth-order valence-electron chi connectivity index (χ4n) is 4.38. The lowest BCUT2D eigenvalue weighted by Gasteiger charge is -2.31. The van der Waals surface area contributed by atoms with E-state index in [4.69, 9.17) is 5.73 Å². The Morgan fingerprint density at radius 1 is 0.939 bits per heavy atom. The average Bonchev–Trinajstić information content (AvgIpc) is 2.78. The molecule has 33 heavy (non-hydrogen) atoms. The number of hydrogen-bond donors (Lipinski definition) is 1. The maximum Gasteiger partial charge on any atom is 0.240 e. The van der Waals surface area contributed by atoms with Gasteiger partial charge in [-0.3, -0.25) is 9.59 Å². The molecule has 3 rings (SSSR count). The number of carbonyl (C=O) groups excluding carboxylic acids is 2. The summed E-state index contributed by atoms with van der Waals surface area (Å²) in [7, 11) is 0. The minimum Gasteiger partial charge on any atom is -0.337 e. The molecule has 0 saturated carbocycles. The zero-order valence-corrected chi connectivity index (χ0v) is 19.8. The molecule has 0 fully saturated rings. The first kappa shape index (κ1) is 24.9. The van der Waals surface area contributed by atoms with Crippen LogP contribution in [0.1, 0.15) is 57.1 Å². The molecule has 0 aliphatic carbocycles. The first-order chi connectivity index (χ1) is 15.9. The van der Waals surface area contributed by atoms with Gasteiger partial charge in [0.1, 0.15) is 5.82 Å². The van der Waals surface area contributed by atoms with Crippen molar-refractivity contribution in [3.63, 3.8) is 0 Å². The Morgan fingerprint density at radius 3 is 2.36 bits per heavy atom. The van der Waals surface area contributed by atoms with Gasteiger partial charge in [-0.05, 0) is 48.6 Å². The van der Waals surface area contributed by atoms with Crippen molar-refractivity contribution in [2.24, 2.45) is 11.7 Å². The van der Waals surface area contributed by atoms with Gasteiger partial charge in [-0.25, -0.2) is 4.39 Å². The number of halogens is 1. The molecule has 2 aromatic carbocycles. The molecule has 0 aromatic heterocycles. The van der Waals surface area contributed by atoms with Crippen molar-refractivity contribution in [1.29, 1.82) is 0 Å². The van der Waals surface area contributed by atoms with Crippen molar-refractivity contribution >= 4 is 17.5 Å². The van der Waals surface area contributed by atoms with E-state index in [0.29, 0.717) is 25.2 Å². The molecule has 2 aromatic rings. The molecule has 5 nitrogen and oxygen atoms in total. The smallest absolute Gasteiger partial charge is 0.240 e. The number of rotatable bonds is 4. The van der Waals surface area contributed by atoms with Gasteiger partial charge in [-0.2, -0.15) is 0 Å². The molecule has 1 aliphatic heterocycles. The van der Waals surface area contributed by atoms with Crippen LogP contribution in [0.5, 0.6) is 0 Å². The lowest BCUT2D eigenvalue weighted by atomic mass is 10.0. The molecule has 0 bridgehead atoms. The number of anilines is 1. The van der Waals surface area contributed by atoms with E-state index in [-0.39, 0.29) is 30.0 Å². The summed E-state index contributed by atoms with van der Waals surface area (Å²) in [5.41, 5.74) is 8.82. The topological polar surface area (TPSA) is 66.6 Å². The van der Waals surface area contributed by atoms with Crippen LogP contribution in [0.3, 0.4) is 0 Å². The van der Waals surface area contributed by atoms with Crippen LogP contribution in [0.15, 0.2) is 48.5 Å². The van der Waals surface area contributed by atoms with E-state index in [1.165, 1.54) is 12.1 Å². The van der Waals surface area contributed by atoms with Gasteiger partial charge < -0.3 is 15.5 Å². The van der Waals surface area contributed by atoms with Gasteiger partial charge in [0, 0.05) is 31.2 Å². The number of amides is 2. The van der Waals surface area contributed by atoms with Crippen LogP contribution in [-0.2, 0) is 22.6 Å². The number of hydrogen-bond acceptors (Lipinski definition) is 3. The first-order valence-corrected chi connectivity index (χ1v) is 12.0. The highest BCUT2D eigenvalue weighted by atomic mass is 19.1. The van der Waals surface area contributed by atoms with Crippen molar-refractivity contribution in [2.75, 3.05) is 18.0 Å². The van der Waals surface area contributed by atoms with Crippen LogP contribution in [0, 0.1) is 11.7 Å². The standard InChI is InChI=1S/C27H36FN3O2/c1-20(2)26(32)31-16-9-5-3-4-8-15-30(19-22-12-6-7-14-25(22)31)27(33)24(29)18-21-11-10-13-23(28)17-21/h6-7,10-14,17,20,24H,3-5,8-9,15-16,18-19,29H2,1-2H3/t24-/m0/s1. The summed E-state index contributed by atoms with van der Waals surface area (Å²) in [4.78, 5) is 30.1. The highest BCUT2D eigenvalue weighted by Gasteiger charge is 2.25. The van der Waals surface area contributed by atoms with E-state index < -0.39 is 6.04 Å². The Bertz CT molecular complexity index is 946. The summed E-state index contributed by atoms with van der Waals surface area (Å²) < 4.78 is 13.6. The molecule has 178 valence electrons. The Balaban J connectivity index is 1.86. The third-order valence-electron chi connectivity index (χ3n) is 6.19. The van der Waals surface area contributed by atoms with Crippen molar-refractivity contribution in [1.82, 2.24) is 4.90 Å². The minimum absolute atomic E-state index is 0.0974. The summed E-state index contributed by atoms with van der Waals surface area (Å²) in [6.07, 6.45) is 5.32. The van der Waals surface area contributed by atoms with Gasteiger partial charge in [0.2, 0.25) is 11.8 Å². The quantitative estimate of drug-likeness (QED) is 0.731. The van der Waals surface area contributed by atoms with E-state index in [1.807, 2.05) is 47.9 Å². The molecule has 2 N–H and O–H groups in total. The Morgan fingerprint density at radius 2 is 1.64 bits per heavy atom. The van der Waals surface area contributed by atoms with Crippen molar-refractivity contribution in [3.05, 3.63) is 65.5 Å². The maximum atomic E-state index is 13.6. The highest BCUT2D eigenvalue weighted by molar-refractivity contribution is 5.95. The normalized spacial score (nSPS) is 16.5. The molecular formula is C27H36FN3O2. The summed E-state index contributed by atoms with van der Waals surface area (Å²) in [6, 6.07) is 13.3. The average molecular weight is 454 g/mol. The second-order valence-corrected chi connectivity index (χ2v) is 9.24. The Labute approximate surface area is 196 Å². The van der Waals surface area contributed by atoms with Gasteiger partial charge in [-0.1, -0.05) is 63.4 Å². The lowest BCUT2D eigenvalue weighted by molar-refractivity contribution is -0.133. The first-order valence-electron chi connectivity index (χ1n) is 12.0. The van der Waals surface area contributed by atoms with Crippen molar-refractivity contribution in [3.8, 4) is 0 Å². The molecule has 0 radical (unpaired) electrons. The molecule has 1 heterocycles. The number of para-hydroxylation sites is 1. The lowest BCUT2D eigenvalue weighted by Crippen LogP contribution is -2.45. The van der Waals surface area contributed by atoms with E-state index in [9.17, 15) is 14.0 Å². The van der Waals surface area contributed by atoms with E-state index in [0.717, 1.165) is 43.4 Å². The summed E-state index contributed by atoms with van der Waals surface area (Å²) in [5.74, 6) is -0.487.